The molecule has 0 unspecified atom stereocenters. The van der Waals surface area contributed by atoms with Crippen molar-refractivity contribution in [1.29, 1.82) is 0 Å². The van der Waals surface area contributed by atoms with E-state index in [-0.39, 0.29) is 41.0 Å². The molecule has 2 amide bonds. The number of carboxylic acids is 2. The molecule has 0 radical (unpaired) electrons. The number of aryl methyl sites for hydroxylation is 2. The number of hydrogen-bond donors (Lipinski definition) is 7. The van der Waals surface area contributed by atoms with E-state index in [1.807, 2.05) is 36.2 Å². The van der Waals surface area contributed by atoms with Crippen LogP contribution >= 0.6 is 0 Å². The lowest BCUT2D eigenvalue weighted by molar-refractivity contribution is 0.0675. The highest BCUT2D eigenvalue weighted by atomic mass is 16.5. The number of nitrogens with zero attached hydrogens (tertiary/aromatic N) is 11. The van der Waals surface area contributed by atoms with Crippen molar-refractivity contribution in [2.24, 2.45) is 14.1 Å². The minimum absolute atomic E-state index is 0.000218. The van der Waals surface area contributed by atoms with Crippen LogP contribution in [-0.2, 0) is 20.6 Å². The number of hydrogen-bond acceptors (Lipinski definition) is 15. The summed E-state index contributed by atoms with van der Waals surface area (Å²) in [7, 11) is 8.35. The molecular formula is C40H44N16O7. The molecule has 2 aliphatic carbocycles. The second kappa shape index (κ2) is 17.0. The lowest BCUT2D eigenvalue weighted by Gasteiger charge is -2.21. The first-order valence-electron chi connectivity index (χ1n) is 19.8. The fourth-order valence-electron chi connectivity index (χ4n) is 6.72. The third-order valence-electron chi connectivity index (χ3n) is 10.3. The Bertz CT molecular complexity index is 2870. The maximum absolute atomic E-state index is 12.9. The summed E-state index contributed by atoms with van der Waals surface area (Å²) in [5.74, 6) is -1.28. The second-order valence-electron chi connectivity index (χ2n) is 15.0. The maximum Gasteiger partial charge on any atom is 0.356 e. The average molecular weight is 861 g/mol. The molecule has 0 spiro atoms. The summed E-state index contributed by atoms with van der Waals surface area (Å²) in [5.41, 5.74) is 4.55. The highest BCUT2D eigenvalue weighted by molar-refractivity contribution is 5.96. The van der Waals surface area contributed by atoms with Crippen molar-refractivity contribution in [3.63, 3.8) is 0 Å². The summed E-state index contributed by atoms with van der Waals surface area (Å²) in [6, 6.07) is 11.6. The number of benzene rings is 1. The molecule has 23 nitrogen and oxygen atoms in total. The van der Waals surface area contributed by atoms with Crippen molar-refractivity contribution >= 4 is 69.4 Å². The van der Waals surface area contributed by atoms with Gasteiger partial charge in [0.1, 0.15) is 5.75 Å². The van der Waals surface area contributed by atoms with Gasteiger partial charge >= 0.3 is 11.9 Å². The normalized spacial score (nSPS) is 13.2. The summed E-state index contributed by atoms with van der Waals surface area (Å²) in [6.07, 6.45) is 9.66. The van der Waals surface area contributed by atoms with Crippen LogP contribution in [-0.4, -0.2) is 116 Å². The number of imidazole rings is 2. The van der Waals surface area contributed by atoms with Gasteiger partial charge in [-0.05, 0) is 43.4 Å². The molecule has 9 rings (SSSR count). The Morgan fingerprint density at radius 3 is 1.70 bits per heavy atom. The lowest BCUT2D eigenvalue weighted by Crippen LogP contribution is -2.27. The first kappa shape index (κ1) is 41.5. The van der Waals surface area contributed by atoms with E-state index in [1.54, 1.807) is 40.4 Å². The Morgan fingerprint density at radius 2 is 1.22 bits per heavy atom. The fraction of sp³-hybridized carbons (Fsp3) is 0.300. The van der Waals surface area contributed by atoms with E-state index in [2.05, 4.69) is 56.9 Å². The molecule has 6 aromatic heterocycles. The summed E-state index contributed by atoms with van der Waals surface area (Å²) in [5, 5.41) is 50.8. The molecule has 326 valence electrons. The molecule has 7 N–H and O–H groups in total. The second-order valence-corrected chi connectivity index (χ2v) is 15.0. The van der Waals surface area contributed by atoms with Crippen LogP contribution in [0.4, 0.5) is 34.4 Å². The molecule has 63 heavy (non-hydrogen) atoms. The van der Waals surface area contributed by atoms with Gasteiger partial charge in [0.2, 0.25) is 0 Å². The molecule has 0 saturated heterocycles. The Labute approximate surface area is 358 Å². The van der Waals surface area contributed by atoms with Crippen molar-refractivity contribution in [3.05, 3.63) is 89.5 Å². The number of carbonyl (C=O) groups excluding carboxylic acids is 2. The van der Waals surface area contributed by atoms with E-state index in [0.29, 0.717) is 57.9 Å². The number of carboxylic acid groups (broad SMARTS) is 2. The van der Waals surface area contributed by atoms with Crippen molar-refractivity contribution in [1.82, 2.24) is 59.4 Å². The Morgan fingerprint density at radius 1 is 0.730 bits per heavy atom. The van der Waals surface area contributed by atoms with Gasteiger partial charge in [0.25, 0.3) is 11.8 Å². The third kappa shape index (κ3) is 8.82. The SMILES string of the molecule is CNc1cc(Nc2cnn(C)c2C(=O)O)nn2c(C(=O)NC3CC3)cnc12.COc1ccc(CN(C)c2cc(Nc3cnn(C)c3C(=O)O)nn3c(C(=O)NC4CC4)cnc23)cc1. The molecule has 23 heteroatoms. The molecule has 2 saturated carbocycles. The van der Waals surface area contributed by atoms with Crippen LogP contribution in [0.5, 0.6) is 5.75 Å². The van der Waals surface area contributed by atoms with Gasteiger partial charge in [-0.25, -0.2) is 28.6 Å². The predicted octanol–water partition coefficient (Wildman–Crippen LogP) is 3.28. The van der Waals surface area contributed by atoms with E-state index in [4.69, 9.17) is 4.74 Å². The van der Waals surface area contributed by atoms with Crippen LogP contribution < -0.4 is 36.2 Å². The molecule has 7 aromatic rings. The molecule has 2 fully saturated rings. The number of carbonyl (C=O) groups is 4. The van der Waals surface area contributed by atoms with E-state index >= 15 is 0 Å². The first-order valence-corrected chi connectivity index (χ1v) is 19.8. The van der Waals surface area contributed by atoms with Gasteiger partial charge in [0, 0.05) is 59.0 Å². The Balaban J connectivity index is 0.000000180. The summed E-state index contributed by atoms with van der Waals surface area (Å²) >= 11 is 0. The number of amides is 2. The first-order chi connectivity index (χ1) is 30.3. The third-order valence-corrected chi connectivity index (χ3v) is 10.3. The standard InChI is InChI=1S/C24H26N8O4.C16H18N8O3/c1-30(13-14-4-8-16(36-3)9-5-14)18-10-20(28-17-11-26-31(2)21(17)24(34)35)29-32-19(12-25-22(18)32)23(33)27-15-6-7-15;1-17-9-5-12(21-10-6-19-23(2)13(10)16(26)27)22-24-11(7-18-14(9)24)15(25)20-8-3-4-8/h4-5,8-12,15H,6-7,13H2,1-3H3,(H,27,33)(H,28,29)(H,34,35);5-8,17H,3-4H2,1-2H3,(H,20,25)(H,21,22)(H,26,27). The summed E-state index contributed by atoms with van der Waals surface area (Å²) in [4.78, 5) is 59.2. The van der Waals surface area contributed by atoms with Gasteiger partial charge in [-0.15, -0.1) is 10.2 Å². The molecule has 0 bridgehead atoms. The smallest absolute Gasteiger partial charge is 0.356 e. The predicted molar refractivity (Wildman–Crippen MR) is 228 cm³/mol. The van der Waals surface area contributed by atoms with Gasteiger partial charge in [-0.2, -0.15) is 10.2 Å². The Kier molecular flexibility index (Phi) is 11.2. The van der Waals surface area contributed by atoms with Crippen LogP contribution in [0.1, 0.15) is 73.2 Å². The van der Waals surface area contributed by atoms with Crippen molar-refractivity contribution < 1.29 is 34.1 Å². The number of aromatic carboxylic acids is 2. The van der Waals surface area contributed by atoms with Gasteiger partial charge in [0.05, 0.1) is 54.6 Å². The number of anilines is 6. The topological polar surface area (TPSA) is 277 Å². The number of rotatable bonds is 15. The molecule has 6 heterocycles. The highest BCUT2D eigenvalue weighted by Gasteiger charge is 2.28. The van der Waals surface area contributed by atoms with Gasteiger partial charge < -0.3 is 46.4 Å². The minimum Gasteiger partial charge on any atom is -0.497 e. The van der Waals surface area contributed by atoms with E-state index in [0.717, 1.165) is 37.0 Å². The minimum atomic E-state index is -1.12. The van der Waals surface area contributed by atoms with Crippen LogP contribution in [0.25, 0.3) is 11.3 Å². The number of nitrogens with one attached hydrogen (secondary N) is 5. The monoisotopic (exact) mass is 860 g/mol. The zero-order valence-corrected chi connectivity index (χ0v) is 34.8. The average Bonchev–Trinajstić information content (AvgIpc) is 4.07. The van der Waals surface area contributed by atoms with Crippen LogP contribution in [0.15, 0.2) is 61.2 Å². The fourth-order valence-corrected chi connectivity index (χ4v) is 6.72. The van der Waals surface area contributed by atoms with E-state index in [9.17, 15) is 29.4 Å². The number of ether oxygens (including phenoxy) is 1. The van der Waals surface area contributed by atoms with E-state index < -0.39 is 11.9 Å². The van der Waals surface area contributed by atoms with Crippen molar-refractivity contribution in [2.75, 3.05) is 42.1 Å². The van der Waals surface area contributed by atoms with Crippen LogP contribution in [0.2, 0.25) is 0 Å². The maximum atomic E-state index is 12.9. The number of fused-ring (bicyclic) bond motifs is 2. The molecule has 0 atom stereocenters. The van der Waals surface area contributed by atoms with Crippen molar-refractivity contribution in [3.8, 4) is 5.75 Å². The summed E-state index contributed by atoms with van der Waals surface area (Å²) in [6.45, 7) is 0.548. The van der Waals surface area contributed by atoms with Gasteiger partial charge in [-0.1, -0.05) is 12.1 Å². The zero-order valence-electron chi connectivity index (χ0n) is 34.8. The molecule has 0 aliphatic heterocycles. The number of methoxy groups -OCH3 is 1. The molecule has 2 aliphatic rings. The largest absolute Gasteiger partial charge is 0.497 e. The van der Waals surface area contributed by atoms with Crippen molar-refractivity contribution in [2.45, 2.75) is 44.3 Å². The van der Waals surface area contributed by atoms with Crippen LogP contribution in [0, 0.1) is 0 Å². The molecular weight excluding hydrogens is 817 g/mol. The lowest BCUT2D eigenvalue weighted by atomic mass is 10.2. The van der Waals surface area contributed by atoms with Crippen LogP contribution in [0.3, 0.4) is 0 Å². The zero-order chi connectivity index (χ0) is 44.5. The van der Waals surface area contributed by atoms with E-state index in [1.165, 1.54) is 43.2 Å². The van der Waals surface area contributed by atoms with Gasteiger partial charge in [-0.3, -0.25) is 19.0 Å². The Hall–Kier alpha value is -8.24. The highest BCUT2D eigenvalue weighted by Crippen LogP contribution is 2.29. The molecule has 1 aromatic carbocycles. The number of aromatic nitrogens is 10. The quantitative estimate of drug-likeness (QED) is 0.0779. The van der Waals surface area contributed by atoms with Gasteiger partial charge in [0.15, 0.2) is 45.7 Å². The summed E-state index contributed by atoms with van der Waals surface area (Å²) < 4.78 is 10.7.